The van der Waals surface area contributed by atoms with Gasteiger partial charge >= 0.3 is 0 Å². The molecule has 0 saturated heterocycles. The molecule has 0 fully saturated rings. The van der Waals surface area contributed by atoms with Crippen LogP contribution < -0.4 is 4.90 Å². The average molecular weight is 275 g/mol. The van der Waals surface area contributed by atoms with Crippen LogP contribution in [-0.4, -0.2) is 17.0 Å². The maximum atomic E-state index is 4.44. The highest BCUT2D eigenvalue weighted by Gasteiger charge is 2.17. The average Bonchev–Trinajstić information content (AvgIpc) is 3.06. The minimum atomic E-state index is 0.322. The zero-order valence-electron chi connectivity index (χ0n) is 10.2. The Morgan fingerprint density at radius 3 is 2.83 bits per heavy atom. The Hall–Kier alpha value is -1.46. The van der Waals surface area contributed by atoms with Crippen LogP contribution in [0.2, 0.25) is 0 Å². The van der Waals surface area contributed by atoms with Crippen molar-refractivity contribution in [3.63, 3.8) is 0 Å². The molecule has 0 spiro atoms. The van der Waals surface area contributed by atoms with Crippen molar-refractivity contribution in [1.82, 2.24) is 9.97 Å². The topological polar surface area (TPSA) is 29.0 Å². The van der Waals surface area contributed by atoms with E-state index in [0.717, 1.165) is 16.0 Å². The molecule has 0 radical (unpaired) electrons. The van der Waals surface area contributed by atoms with Crippen LogP contribution in [0.5, 0.6) is 0 Å². The highest BCUT2D eigenvalue weighted by Crippen LogP contribution is 2.32. The molecule has 0 aliphatic carbocycles. The molecule has 0 unspecified atom stereocenters. The summed E-state index contributed by atoms with van der Waals surface area (Å²) in [6, 6.07) is 6.66. The van der Waals surface area contributed by atoms with Crippen LogP contribution in [-0.2, 0) is 0 Å². The van der Waals surface area contributed by atoms with Crippen LogP contribution >= 0.6 is 22.7 Å². The molecule has 0 N–H and O–H groups in total. The van der Waals surface area contributed by atoms with E-state index in [9.17, 15) is 0 Å². The third-order valence-electron chi connectivity index (χ3n) is 3.11. The molecule has 0 aliphatic rings. The van der Waals surface area contributed by atoms with Crippen molar-refractivity contribution in [2.24, 2.45) is 0 Å². The van der Waals surface area contributed by atoms with E-state index in [4.69, 9.17) is 0 Å². The maximum Gasteiger partial charge on any atom is 0.141 e. The van der Waals surface area contributed by atoms with Crippen LogP contribution in [0, 0.1) is 0 Å². The minimum absolute atomic E-state index is 0.322. The molecule has 3 rings (SSSR count). The molecule has 3 aromatic rings. The van der Waals surface area contributed by atoms with Crippen LogP contribution in [0.15, 0.2) is 35.3 Å². The second-order valence-electron chi connectivity index (χ2n) is 4.14. The van der Waals surface area contributed by atoms with Gasteiger partial charge in [0.2, 0.25) is 0 Å². The number of rotatable bonds is 3. The summed E-state index contributed by atoms with van der Waals surface area (Å²) in [7, 11) is 2.09. The number of thiophene rings is 2. The summed E-state index contributed by atoms with van der Waals surface area (Å²) >= 11 is 3.43. The molecule has 3 aromatic heterocycles. The zero-order valence-corrected chi connectivity index (χ0v) is 11.8. The van der Waals surface area contributed by atoms with Crippen LogP contribution in [0.25, 0.3) is 10.2 Å². The lowest BCUT2D eigenvalue weighted by Gasteiger charge is -2.25. The van der Waals surface area contributed by atoms with E-state index in [1.807, 2.05) is 0 Å². The highest BCUT2D eigenvalue weighted by molar-refractivity contribution is 7.16. The molecule has 92 valence electrons. The fourth-order valence-electron chi connectivity index (χ4n) is 1.96. The van der Waals surface area contributed by atoms with Crippen molar-refractivity contribution in [1.29, 1.82) is 0 Å². The lowest BCUT2D eigenvalue weighted by atomic mass is 10.2. The van der Waals surface area contributed by atoms with E-state index < -0.39 is 0 Å². The van der Waals surface area contributed by atoms with Gasteiger partial charge in [0.25, 0.3) is 0 Å². The van der Waals surface area contributed by atoms with Gasteiger partial charge in [-0.2, -0.15) is 0 Å². The number of nitrogens with zero attached hydrogens (tertiary/aromatic N) is 3. The van der Waals surface area contributed by atoms with Crippen LogP contribution in [0.3, 0.4) is 0 Å². The lowest BCUT2D eigenvalue weighted by molar-refractivity contribution is 0.744. The predicted molar refractivity (Wildman–Crippen MR) is 78.6 cm³/mol. The fraction of sp³-hybridized carbons (Fsp3) is 0.231. The van der Waals surface area contributed by atoms with Gasteiger partial charge in [-0.1, -0.05) is 6.07 Å². The van der Waals surface area contributed by atoms with Crippen molar-refractivity contribution in [2.45, 2.75) is 13.0 Å². The highest BCUT2D eigenvalue weighted by atomic mass is 32.1. The molecule has 1 atom stereocenters. The molecule has 5 heteroatoms. The Morgan fingerprint density at radius 1 is 1.17 bits per heavy atom. The molecule has 0 amide bonds. The van der Waals surface area contributed by atoms with Gasteiger partial charge in [0.1, 0.15) is 17.0 Å². The fourth-order valence-corrected chi connectivity index (χ4v) is 3.52. The summed E-state index contributed by atoms with van der Waals surface area (Å²) in [4.78, 5) is 13.3. The molecule has 3 nitrogen and oxygen atoms in total. The SMILES string of the molecule is C[C@@H](c1cccs1)N(C)c1ncnc2sccc12. The summed E-state index contributed by atoms with van der Waals surface area (Å²) in [5.74, 6) is 1.00. The first kappa shape index (κ1) is 11.6. The Morgan fingerprint density at radius 2 is 2.06 bits per heavy atom. The van der Waals surface area contributed by atoms with E-state index in [0.29, 0.717) is 6.04 Å². The normalized spacial score (nSPS) is 12.8. The summed E-state index contributed by atoms with van der Waals surface area (Å²) in [5.41, 5.74) is 0. The third-order valence-corrected chi connectivity index (χ3v) is 4.97. The second-order valence-corrected chi connectivity index (χ2v) is 6.01. The molecule has 0 aliphatic heterocycles. The maximum absolute atomic E-state index is 4.44. The lowest BCUT2D eigenvalue weighted by Crippen LogP contribution is -2.22. The standard InChI is InChI=1S/C13H13N3S2/c1-9(11-4-3-6-17-11)16(2)12-10-5-7-18-13(10)15-8-14-12/h3-9H,1-2H3/t9-/m0/s1. The summed E-state index contributed by atoms with van der Waals surface area (Å²) < 4.78 is 0. The molecule has 0 aromatic carbocycles. The smallest absolute Gasteiger partial charge is 0.141 e. The molecule has 18 heavy (non-hydrogen) atoms. The molecular formula is C13H13N3S2. The van der Waals surface area contributed by atoms with Gasteiger partial charge in [-0.05, 0) is 29.8 Å². The predicted octanol–water partition coefficient (Wildman–Crippen LogP) is 3.95. The number of hydrogen-bond acceptors (Lipinski definition) is 5. The van der Waals surface area contributed by atoms with Crippen molar-refractivity contribution in [3.8, 4) is 0 Å². The third kappa shape index (κ3) is 1.89. The Balaban J connectivity index is 2.01. The zero-order chi connectivity index (χ0) is 12.5. The van der Waals surface area contributed by atoms with Gasteiger partial charge in [0.05, 0.1) is 11.4 Å². The summed E-state index contributed by atoms with van der Waals surface area (Å²) in [6.45, 7) is 2.20. The Bertz CT molecular complexity index is 645. The van der Waals surface area contributed by atoms with Crippen molar-refractivity contribution >= 4 is 38.7 Å². The van der Waals surface area contributed by atoms with Gasteiger partial charge in [0, 0.05) is 11.9 Å². The van der Waals surface area contributed by atoms with Crippen LogP contribution in [0.1, 0.15) is 17.8 Å². The van der Waals surface area contributed by atoms with Crippen LogP contribution in [0.4, 0.5) is 5.82 Å². The first-order chi connectivity index (χ1) is 8.77. The number of anilines is 1. The van der Waals surface area contributed by atoms with Gasteiger partial charge < -0.3 is 4.90 Å². The van der Waals surface area contributed by atoms with Gasteiger partial charge in [-0.3, -0.25) is 0 Å². The number of aromatic nitrogens is 2. The van der Waals surface area contributed by atoms with E-state index in [2.05, 4.69) is 57.8 Å². The van der Waals surface area contributed by atoms with Crippen molar-refractivity contribution in [2.75, 3.05) is 11.9 Å². The summed E-state index contributed by atoms with van der Waals surface area (Å²) in [6.07, 6.45) is 1.64. The van der Waals surface area contributed by atoms with Crippen molar-refractivity contribution < 1.29 is 0 Å². The Labute approximate surface area is 114 Å². The quantitative estimate of drug-likeness (QED) is 0.724. The Kier molecular flexibility index (Phi) is 3.01. The first-order valence-corrected chi connectivity index (χ1v) is 7.47. The molecule has 0 bridgehead atoms. The van der Waals surface area contributed by atoms with Gasteiger partial charge in [-0.25, -0.2) is 9.97 Å². The van der Waals surface area contributed by atoms with E-state index in [1.54, 1.807) is 29.0 Å². The van der Waals surface area contributed by atoms with Crippen molar-refractivity contribution in [3.05, 3.63) is 40.2 Å². The summed E-state index contributed by atoms with van der Waals surface area (Å²) in [5, 5.41) is 5.31. The van der Waals surface area contributed by atoms with E-state index in [1.165, 1.54) is 4.88 Å². The van der Waals surface area contributed by atoms with E-state index >= 15 is 0 Å². The number of fused-ring (bicyclic) bond motifs is 1. The monoisotopic (exact) mass is 275 g/mol. The molecule has 0 saturated carbocycles. The number of hydrogen-bond donors (Lipinski definition) is 0. The molecule has 3 heterocycles. The first-order valence-electron chi connectivity index (χ1n) is 5.72. The van der Waals surface area contributed by atoms with Gasteiger partial charge in [0.15, 0.2) is 0 Å². The largest absolute Gasteiger partial charge is 0.351 e. The van der Waals surface area contributed by atoms with Gasteiger partial charge in [-0.15, -0.1) is 22.7 Å². The van der Waals surface area contributed by atoms with E-state index in [-0.39, 0.29) is 0 Å². The molecular weight excluding hydrogens is 262 g/mol. The minimum Gasteiger partial charge on any atom is -0.351 e. The second kappa shape index (κ2) is 4.66.